The Morgan fingerprint density at radius 2 is 1.95 bits per heavy atom. The van der Waals surface area contributed by atoms with Gasteiger partial charge in [-0.3, -0.25) is 4.99 Å². The highest BCUT2D eigenvalue weighted by Crippen LogP contribution is 2.34. The van der Waals surface area contributed by atoms with Gasteiger partial charge in [0.2, 0.25) is 0 Å². The van der Waals surface area contributed by atoms with Gasteiger partial charge in [0.15, 0.2) is 5.58 Å². The van der Waals surface area contributed by atoms with E-state index in [0.717, 1.165) is 34.2 Å². The summed E-state index contributed by atoms with van der Waals surface area (Å²) in [6, 6.07) is 14.3. The number of aliphatic imine (C=N–C) groups is 1. The maximum absolute atomic E-state index is 6.02. The molecule has 0 unspecified atom stereocenters. The zero-order chi connectivity index (χ0) is 13.9. The van der Waals surface area contributed by atoms with Crippen molar-refractivity contribution in [3.8, 4) is 0 Å². The van der Waals surface area contributed by atoms with Crippen molar-refractivity contribution in [2.45, 2.75) is 6.92 Å². The molecule has 2 aromatic carbocycles. The first-order valence-corrected chi connectivity index (χ1v) is 6.64. The quantitative estimate of drug-likeness (QED) is 0.645. The molecule has 1 heterocycles. The minimum atomic E-state index is 0.835. The van der Waals surface area contributed by atoms with Gasteiger partial charge in [0.1, 0.15) is 5.58 Å². The molecule has 100 valence electrons. The number of fused-ring (bicyclic) bond motifs is 3. The lowest BCUT2D eigenvalue weighted by Crippen LogP contribution is -2.14. The van der Waals surface area contributed by atoms with Crippen LogP contribution in [0, 0.1) is 0 Å². The summed E-state index contributed by atoms with van der Waals surface area (Å²) in [5.74, 6) is 0. The molecule has 0 aliphatic rings. The summed E-state index contributed by atoms with van der Waals surface area (Å²) in [4.78, 5) is 5.87. The summed E-state index contributed by atoms with van der Waals surface area (Å²) < 4.78 is 6.02. The molecule has 20 heavy (non-hydrogen) atoms. The highest BCUT2D eigenvalue weighted by Gasteiger charge is 2.12. The van der Waals surface area contributed by atoms with Crippen molar-refractivity contribution in [1.82, 2.24) is 0 Å². The SMILES string of the molecule is C=N/C=C\N(CC)c1cccc2c1oc1ccccc12. The lowest BCUT2D eigenvalue weighted by molar-refractivity contribution is 0.667. The molecule has 0 N–H and O–H groups in total. The Morgan fingerprint density at radius 1 is 1.15 bits per heavy atom. The highest BCUT2D eigenvalue weighted by atomic mass is 16.3. The Balaban J connectivity index is 2.25. The Morgan fingerprint density at radius 3 is 2.75 bits per heavy atom. The second-order valence-electron chi connectivity index (χ2n) is 4.52. The van der Waals surface area contributed by atoms with Crippen LogP contribution in [0.25, 0.3) is 21.9 Å². The van der Waals surface area contributed by atoms with Gasteiger partial charge < -0.3 is 9.32 Å². The Hall–Kier alpha value is -2.55. The normalized spacial score (nSPS) is 11.4. The minimum absolute atomic E-state index is 0.835. The van der Waals surface area contributed by atoms with E-state index >= 15 is 0 Å². The molecule has 0 aliphatic heterocycles. The maximum Gasteiger partial charge on any atom is 0.159 e. The van der Waals surface area contributed by atoms with Crippen LogP contribution >= 0.6 is 0 Å². The zero-order valence-corrected chi connectivity index (χ0v) is 11.4. The lowest BCUT2D eigenvalue weighted by Gasteiger charge is -2.17. The number of para-hydroxylation sites is 2. The van der Waals surface area contributed by atoms with Crippen molar-refractivity contribution in [3.63, 3.8) is 0 Å². The van der Waals surface area contributed by atoms with Crippen molar-refractivity contribution in [2.75, 3.05) is 11.4 Å². The molecule has 0 fully saturated rings. The van der Waals surface area contributed by atoms with E-state index in [2.05, 4.69) is 47.8 Å². The van der Waals surface area contributed by atoms with Crippen molar-refractivity contribution in [1.29, 1.82) is 0 Å². The molecule has 0 bridgehead atoms. The smallest absolute Gasteiger partial charge is 0.159 e. The summed E-state index contributed by atoms with van der Waals surface area (Å²) in [5.41, 5.74) is 2.86. The van der Waals surface area contributed by atoms with Gasteiger partial charge in [-0.05, 0) is 25.8 Å². The average molecular weight is 264 g/mol. The second kappa shape index (κ2) is 5.21. The van der Waals surface area contributed by atoms with E-state index in [9.17, 15) is 0 Å². The van der Waals surface area contributed by atoms with Crippen LogP contribution in [0.5, 0.6) is 0 Å². The maximum atomic E-state index is 6.02. The third-order valence-corrected chi connectivity index (χ3v) is 3.39. The molecule has 3 aromatic rings. The van der Waals surface area contributed by atoms with Crippen LogP contribution in [0.1, 0.15) is 6.92 Å². The number of benzene rings is 2. The van der Waals surface area contributed by atoms with Gasteiger partial charge in [0.25, 0.3) is 0 Å². The van der Waals surface area contributed by atoms with E-state index in [-0.39, 0.29) is 0 Å². The molecule has 1 aromatic heterocycles. The number of hydrogen-bond acceptors (Lipinski definition) is 3. The van der Waals surface area contributed by atoms with Gasteiger partial charge >= 0.3 is 0 Å². The van der Waals surface area contributed by atoms with Crippen LogP contribution in [-0.4, -0.2) is 13.3 Å². The zero-order valence-electron chi connectivity index (χ0n) is 11.4. The average Bonchev–Trinajstić information content (AvgIpc) is 2.87. The van der Waals surface area contributed by atoms with E-state index in [1.807, 2.05) is 24.4 Å². The number of anilines is 1. The summed E-state index contributed by atoms with van der Waals surface area (Å²) in [5, 5.41) is 2.28. The Kier molecular flexibility index (Phi) is 3.25. The van der Waals surface area contributed by atoms with E-state index in [0.29, 0.717) is 0 Å². The summed E-state index contributed by atoms with van der Waals surface area (Å²) in [7, 11) is 0. The van der Waals surface area contributed by atoms with Gasteiger partial charge in [-0.1, -0.05) is 30.3 Å². The molecule has 0 radical (unpaired) electrons. The summed E-state index contributed by atoms with van der Waals surface area (Å²) in [6.07, 6.45) is 3.60. The molecule has 0 spiro atoms. The first kappa shape index (κ1) is 12.5. The lowest BCUT2D eigenvalue weighted by atomic mass is 10.1. The van der Waals surface area contributed by atoms with Crippen LogP contribution in [-0.2, 0) is 0 Å². The van der Waals surface area contributed by atoms with Crippen LogP contribution in [0.15, 0.2) is 64.3 Å². The van der Waals surface area contributed by atoms with Gasteiger partial charge in [0.05, 0.1) is 5.69 Å². The van der Waals surface area contributed by atoms with Crippen molar-refractivity contribution in [3.05, 3.63) is 54.9 Å². The first-order valence-electron chi connectivity index (χ1n) is 6.64. The molecule has 3 rings (SSSR count). The number of nitrogens with zero attached hydrogens (tertiary/aromatic N) is 2. The molecule has 3 nitrogen and oxygen atoms in total. The van der Waals surface area contributed by atoms with E-state index < -0.39 is 0 Å². The van der Waals surface area contributed by atoms with E-state index in [1.165, 1.54) is 0 Å². The second-order valence-corrected chi connectivity index (χ2v) is 4.52. The molecule has 0 aliphatic carbocycles. The fourth-order valence-corrected chi connectivity index (χ4v) is 2.44. The molecule has 3 heteroatoms. The van der Waals surface area contributed by atoms with Crippen molar-refractivity contribution >= 4 is 34.3 Å². The Bertz CT molecular complexity index is 786. The fraction of sp³-hybridized carbons (Fsp3) is 0.118. The predicted octanol–water partition coefficient (Wildman–Crippen LogP) is 4.58. The largest absolute Gasteiger partial charge is 0.454 e. The first-order chi connectivity index (χ1) is 9.85. The highest BCUT2D eigenvalue weighted by molar-refractivity contribution is 6.08. The van der Waals surface area contributed by atoms with Crippen molar-refractivity contribution in [2.24, 2.45) is 4.99 Å². The predicted molar refractivity (Wildman–Crippen MR) is 85.4 cm³/mol. The standard InChI is InChI=1S/C17H16N2O/c1-3-19(12-11-18-2)15-9-6-8-14-13-7-4-5-10-16(13)20-17(14)15/h4-12H,2-3H2,1H3/b12-11-. The summed E-state index contributed by atoms with van der Waals surface area (Å²) in [6.45, 7) is 6.40. The molecule has 0 saturated carbocycles. The Labute approximate surface area is 117 Å². The molecule has 0 saturated heterocycles. The third kappa shape index (κ3) is 1.97. The van der Waals surface area contributed by atoms with Gasteiger partial charge in [0, 0.05) is 29.7 Å². The van der Waals surface area contributed by atoms with E-state index in [4.69, 9.17) is 4.42 Å². The van der Waals surface area contributed by atoms with Crippen LogP contribution in [0.4, 0.5) is 5.69 Å². The molecule has 0 atom stereocenters. The molecular weight excluding hydrogens is 248 g/mol. The molecular formula is C17H16N2O. The minimum Gasteiger partial charge on any atom is -0.454 e. The van der Waals surface area contributed by atoms with Crippen LogP contribution in [0.3, 0.4) is 0 Å². The summed E-state index contributed by atoms with van der Waals surface area (Å²) >= 11 is 0. The van der Waals surface area contributed by atoms with Crippen LogP contribution < -0.4 is 4.90 Å². The van der Waals surface area contributed by atoms with Crippen molar-refractivity contribution < 1.29 is 4.42 Å². The van der Waals surface area contributed by atoms with Crippen LogP contribution in [0.2, 0.25) is 0 Å². The number of rotatable bonds is 4. The number of furan rings is 1. The topological polar surface area (TPSA) is 28.7 Å². The van der Waals surface area contributed by atoms with Gasteiger partial charge in [-0.15, -0.1) is 0 Å². The fourth-order valence-electron chi connectivity index (χ4n) is 2.44. The monoisotopic (exact) mass is 264 g/mol. The van der Waals surface area contributed by atoms with E-state index in [1.54, 1.807) is 6.20 Å². The van der Waals surface area contributed by atoms with Gasteiger partial charge in [-0.25, -0.2) is 0 Å². The van der Waals surface area contributed by atoms with Gasteiger partial charge in [-0.2, -0.15) is 0 Å². The third-order valence-electron chi connectivity index (χ3n) is 3.39. The number of hydrogen-bond donors (Lipinski definition) is 0. The molecule has 0 amide bonds.